The molecule has 1 aliphatic heterocycles. The molecule has 2 heterocycles. The topological polar surface area (TPSA) is 93.1 Å². The minimum atomic E-state index is -4.53. The van der Waals surface area contributed by atoms with Crippen LogP contribution in [0.1, 0.15) is 44.1 Å². The van der Waals surface area contributed by atoms with Gasteiger partial charge in [0.2, 0.25) is 0 Å². The Kier molecular flexibility index (Phi) is 6.19. The molecular weight excluding hydrogens is 381 g/mol. The van der Waals surface area contributed by atoms with E-state index in [-0.39, 0.29) is 17.9 Å². The number of halogens is 3. The molecule has 2 unspecified atom stereocenters. The van der Waals surface area contributed by atoms with Gasteiger partial charge in [-0.25, -0.2) is 9.97 Å². The molecule has 160 valence electrons. The lowest BCUT2D eigenvalue weighted by Crippen LogP contribution is -2.42. The quantitative estimate of drug-likeness (QED) is 0.667. The fraction of sp³-hybridized carbons (Fsp3) is 0.600. The van der Waals surface area contributed by atoms with Crippen LogP contribution < -0.4 is 21.7 Å². The number of allylic oxidation sites excluding steroid dienone is 2. The number of hydrogen-bond donors (Lipinski definition) is 3. The summed E-state index contributed by atoms with van der Waals surface area (Å²) in [6.07, 6.45) is 1.06. The van der Waals surface area contributed by atoms with Gasteiger partial charge in [0, 0.05) is 43.0 Å². The zero-order valence-electron chi connectivity index (χ0n) is 16.9. The molecule has 0 amide bonds. The van der Waals surface area contributed by atoms with Crippen LogP contribution in [0.15, 0.2) is 29.5 Å². The number of alkyl halides is 3. The summed E-state index contributed by atoms with van der Waals surface area (Å²) in [4.78, 5) is 11.3. The standard InChI is InChI=1S/C20H29F3N6/c1-3-4-5-15-9-17(29-7-6-16(12-29)26-2)28-18(27-15)19(25)10-13(20(21,22)23)8-14(24)11-19/h8-10,16,26H,3-7,11-12,24-25H2,1-2H3. The highest BCUT2D eigenvalue weighted by Gasteiger charge is 2.41. The van der Waals surface area contributed by atoms with E-state index in [1.807, 2.05) is 13.1 Å². The van der Waals surface area contributed by atoms with Crippen molar-refractivity contribution in [3.63, 3.8) is 0 Å². The molecule has 2 atom stereocenters. The van der Waals surface area contributed by atoms with E-state index in [0.29, 0.717) is 11.9 Å². The first-order chi connectivity index (χ1) is 13.6. The number of aryl methyl sites for hydroxylation is 1. The molecule has 29 heavy (non-hydrogen) atoms. The third kappa shape index (κ3) is 4.90. The smallest absolute Gasteiger partial charge is 0.402 e. The number of nitrogens with two attached hydrogens (primary N) is 2. The van der Waals surface area contributed by atoms with Crippen molar-refractivity contribution in [3.05, 3.63) is 41.0 Å². The zero-order valence-corrected chi connectivity index (χ0v) is 16.9. The molecule has 0 radical (unpaired) electrons. The van der Waals surface area contributed by atoms with Gasteiger partial charge in [0.25, 0.3) is 0 Å². The second kappa shape index (κ2) is 8.31. The molecular formula is C20H29F3N6. The number of nitrogens with zero attached hydrogens (tertiary/aromatic N) is 3. The van der Waals surface area contributed by atoms with Crippen molar-refractivity contribution in [1.29, 1.82) is 0 Å². The Labute approximate surface area is 169 Å². The van der Waals surface area contributed by atoms with E-state index in [9.17, 15) is 13.2 Å². The van der Waals surface area contributed by atoms with Crippen molar-refractivity contribution in [2.24, 2.45) is 11.5 Å². The van der Waals surface area contributed by atoms with E-state index in [2.05, 4.69) is 27.1 Å². The van der Waals surface area contributed by atoms with Gasteiger partial charge in [0.15, 0.2) is 5.82 Å². The number of hydrogen-bond acceptors (Lipinski definition) is 6. The second-order valence-corrected chi connectivity index (χ2v) is 7.90. The van der Waals surface area contributed by atoms with Crippen molar-refractivity contribution < 1.29 is 13.2 Å². The Bertz CT molecular complexity index is 804. The zero-order chi connectivity index (χ0) is 21.2. The summed E-state index contributed by atoms with van der Waals surface area (Å²) in [5.74, 6) is 0.894. The van der Waals surface area contributed by atoms with Gasteiger partial charge < -0.3 is 21.7 Å². The highest BCUT2D eigenvalue weighted by atomic mass is 19.4. The molecule has 0 aromatic carbocycles. The van der Waals surface area contributed by atoms with E-state index >= 15 is 0 Å². The number of unbranched alkanes of at least 4 members (excludes halogenated alkanes) is 1. The third-order valence-electron chi connectivity index (χ3n) is 5.47. The number of rotatable bonds is 6. The average Bonchev–Trinajstić information content (AvgIpc) is 3.14. The van der Waals surface area contributed by atoms with Gasteiger partial charge >= 0.3 is 6.18 Å². The number of likely N-dealkylation sites (N-methyl/N-ethyl adjacent to an activating group) is 1. The first kappa shape index (κ1) is 21.6. The number of anilines is 1. The van der Waals surface area contributed by atoms with Crippen LogP contribution >= 0.6 is 0 Å². The Balaban J connectivity index is 2.02. The molecule has 1 saturated heterocycles. The van der Waals surface area contributed by atoms with Crippen molar-refractivity contribution >= 4 is 5.82 Å². The van der Waals surface area contributed by atoms with Gasteiger partial charge in [-0.05, 0) is 38.5 Å². The average molecular weight is 410 g/mol. The highest BCUT2D eigenvalue weighted by molar-refractivity contribution is 5.45. The SMILES string of the molecule is CCCCc1cc(N2CCC(NC)C2)nc(C2(N)C=C(C(F)(F)F)C=C(N)C2)n1. The molecule has 0 saturated carbocycles. The summed E-state index contributed by atoms with van der Waals surface area (Å²) in [5, 5.41) is 3.26. The van der Waals surface area contributed by atoms with Crippen molar-refractivity contribution in [3.8, 4) is 0 Å². The van der Waals surface area contributed by atoms with Crippen LogP contribution in [0.5, 0.6) is 0 Å². The summed E-state index contributed by atoms with van der Waals surface area (Å²) >= 11 is 0. The van der Waals surface area contributed by atoms with Crippen LogP contribution in [0.3, 0.4) is 0 Å². The molecule has 1 aliphatic carbocycles. The minimum absolute atomic E-state index is 0.0440. The van der Waals surface area contributed by atoms with Crippen molar-refractivity contribution in [2.75, 3.05) is 25.0 Å². The molecule has 2 aliphatic rings. The first-order valence-electron chi connectivity index (χ1n) is 10.00. The number of nitrogens with one attached hydrogen (secondary N) is 1. The van der Waals surface area contributed by atoms with Gasteiger partial charge in [0.05, 0.1) is 5.57 Å². The van der Waals surface area contributed by atoms with Gasteiger partial charge in [-0.2, -0.15) is 13.2 Å². The van der Waals surface area contributed by atoms with E-state index in [1.165, 1.54) is 0 Å². The summed E-state index contributed by atoms with van der Waals surface area (Å²) < 4.78 is 40.0. The Morgan fingerprint density at radius 1 is 1.34 bits per heavy atom. The van der Waals surface area contributed by atoms with Crippen LogP contribution in [-0.2, 0) is 12.0 Å². The summed E-state index contributed by atoms with van der Waals surface area (Å²) in [6.45, 7) is 3.68. The lowest BCUT2D eigenvalue weighted by atomic mass is 9.86. The minimum Gasteiger partial charge on any atom is -0.402 e. The van der Waals surface area contributed by atoms with Gasteiger partial charge in [-0.1, -0.05) is 13.3 Å². The molecule has 1 aromatic heterocycles. The monoisotopic (exact) mass is 410 g/mol. The fourth-order valence-corrected chi connectivity index (χ4v) is 3.81. The van der Waals surface area contributed by atoms with E-state index < -0.39 is 17.3 Å². The summed E-state index contributed by atoms with van der Waals surface area (Å²) in [7, 11) is 1.92. The lowest BCUT2D eigenvalue weighted by Gasteiger charge is -2.31. The predicted molar refractivity (Wildman–Crippen MR) is 107 cm³/mol. The fourth-order valence-electron chi connectivity index (χ4n) is 3.81. The van der Waals surface area contributed by atoms with E-state index in [0.717, 1.165) is 56.6 Å². The molecule has 6 nitrogen and oxygen atoms in total. The van der Waals surface area contributed by atoms with Crippen molar-refractivity contribution in [1.82, 2.24) is 15.3 Å². The number of aromatic nitrogens is 2. The molecule has 1 aromatic rings. The maximum atomic E-state index is 13.3. The second-order valence-electron chi connectivity index (χ2n) is 7.90. The molecule has 3 rings (SSSR count). The lowest BCUT2D eigenvalue weighted by molar-refractivity contribution is -0.0892. The Morgan fingerprint density at radius 2 is 2.10 bits per heavy atom. The van der Waals surface area contributed by atoms with E-state index in [1.54, 1.807) is 0 Å². The van der Waals surface area contributed by atoms with Crippen LogP contribution in [0, 0.1) is 0 Å². The molecule has 1 fully saturated rings. The van der Waals surface area contributed by atoms with Crippen molar-refractivity contribution in [2.45, 2.75) is 56.8 Å². The summed E-state index contributed by atoms with van der Waals surface area (Å²) in [5.41, 5.74) is 10.7. The van der Waals surface area contributed by atoms with Crippen LogP contribution in [0.25, 0.3) is 0 Å². The molecule has 0 bridgehead atoms. The van der Waals surface area contributed by atoms with Crippen LogP contribution in [-0.4, -0.2) is 42.3 Å². The highest BCUT2D eigenvalue weighted by Crippen LogP contribution is 2.37. The normalized spacial score (nSPS) is 25.2. The van der Waals surface area contributed by atoms with E-state index in [4.69, 9.17) is 11.5 Å². The largest absolute Gasteiger partial charge is 0.416 e. The third-order valence-corrected chi connectivity index (χ3v) is 5.47. The maximum absolute atomic E-state index is 13.3. The molecule has 9 heteroatoms. The Hall–Kier alpha value is -2.13. The van der Waals surface area contributed by atoms with Gasteiger partial charge in [-0.3, -0.25) is 0 Å². The summed E-state index contributed by atoms with van der Waals surface area (Å²) in [6, 6.07) is 2.28. The predicted octanol–water partition coefficient (Wildman–Crippen LogP) is 2.51. The first-order valence-corrected chi connectivity index (χ1v) is 10.00. The molecule has 5 N–H and O–H groups in total. The Morgan fingerprint density at radius 3 is 2.72 bits per heavy atom. The van der Waals surface area contributed by atoms with Gasteiger partial charge in [-0.15, -0.1) is 0 Å². The van der Waals surface area contributed by atoms with Gasteiger partial charge in [0.1, 0.15) is 11.4 Å². The van der Waals surface area contributed by atoms with Crippen LogP contribution in [0.2, 0.25) is 0 Å². The maximum Gasteiger partial charge on any atom is 0.416 e. The molecule has 0 spiro atoms. The van der Waals surface area contributed by atoms with Crippen LogP contribution in [0.4, 0.5) is 19.0 Å².